The van der Waals surface area contributed by atoms with Gasteiger partial charge in [0.25, 0.3) is 0 Å². The molecule has 0 spiro atoms. The highest BCUT2D eigenvalue weighted by atomic mass is 16.1. The van der Waals surface area contributed by atoms with Crippen molar-refractivity contribution in [3.8, 4) is 0 Å². The number of hydrogen-bond donors (Lipinski definition) is 1. The lowest BCUT2D eigenvalue weighted by Crippen LogP contribution is -2.48. The molecule has 2 rings (SSSR count). The van der Waals surface area contributed by atoms with Gasteiger partial charge in [-0.2, -0.15) is 0 Å². The van der Waals surface area contributed by atoms with E-state index < -0.39 is 0 Å². The summed E-state index contributed by atoms with van der Waals surface area (Å²) < 4.78 is 0. The van der Waals surface area contributed by atoms with Crippen LogP contribution in [-0.2, 0) is 11.2 Å². The lowest BCUT2D eigenvalue weighted by Gasteiger charge is -2.33. The van der Waals surface area contributed by atoms with E-state index in [-0.39, 0.29) is 11.9 Å². The Balaban J connectivity index is 1.90. The Morgan fingerprint density at radius 3 is 2.76 bits per heavy atom. The quantitative estimate of drug-likeness (QED) is 0.856. The number of nitrogens with zero attached hydrogens (tertiary/aromatic N) is 1. The summed E-state index contributed by atoms with van der Waals surface area (Å²) >= 11 is 0. The van der Waals surface area contributed by atoms with E-state index in [2.05, 4.69) is 29.2 Å². The first-order valence-corrected chi connectivity index (χ1v) is 6.34. The van der Waals surface area contributed by atoms with Crippen LogP contribution in [0.25, 0.3) is 0 Å². The van der Waals surface area contributed by atoms with Gasteiger partial charge in [-0.05, 0) is 31.4 Å². The molecular weight excluding hydrogens is 212 g/mol. The normalized spacial score (nSPS) is 21.3. The zero-order valence-corrected chi connectivity index (χ0v) is 10.1. The van der Waals surface area contributed by atoms with Crippen LogP contribution in [0, 0.1) is 0 Å². The number of amides is 1. The summed E-state index contributed by atoms with van der Waals surface area (Å²) in [6.07, 6.45) is 4.21. The molecule has 92 valence electrons. The van der Waals surface area contributed by atoms with Gasteiger partial charge in [0.05, 0.1) is 6.04 Å². The van der Waals surface area contributed by atoms with Crippen LogP contribution < -0.4 is 5.73 Å². The number of rotatable bonds is 4. The van der Waals surface area contributed by atoms with Crippen molar-refractivity contribution in [3.63, 3.8) is 0 Å². The third-order valence-electron chi connectivity index (χ3n) is 3.47. The minimum Gasteiger partial charge on any atom is -0.368 e. The van der Waals surface area contributed by atoms with Crippen LogP contribution in [0.5, 0.6) is 0 Å². The molecular formula is C14H20N2O. The molecule has 0 radical (unpaired) electrons. The maximum Gasteiger partial charge on any atom is 0.234 e. The predicted octanol–water partition coefficient (Wildman–Crippen LogP) is 1.57. The molecule has 0 aliphatic carbocycles. The van der Waals surface area contributed by atoms with Crippen molar-refractivity contribution in [3.05, 3.63) is 35.9 Å². The number of benzene rings is 1. The van der Waals surface area contributed by atoms with Crippen LogP contribution in [0.3, 0.4) is 0 Å². The first-order chi connectivity index (χ1) is 8.27. The van der Waals surface area contributed by atoms with Crippen molar-refractivity contribution in [2.75, 3.05) is 13.1 Å². The molecule has 0 bridgehead atoms. The summed E-state index contributed by atoms with van der Waals surface area (Å²) in [5.41, 5.74) is 6.77. The molecule has 1 aromatic rings. The van der Waals surface area contributed by atoms with Crippen molar-refractivity contribution in [2.24, 2.45) is 5.73 Å². The number of piperidine rings is 1. The van der Waals surface area contributed by atoms with Crippen LogP contribution in [-0.4, -0.2) is 29.9 Å². The second kappa shape index (κ2) is 5.82. The summed E-state index contributed by atoms with van der Waals surface area (Å²) in [7, 11) is 0. The molecule has 1 saturated heterocycles. The van der Waals surface area contributed by atoms with Crippen molar-refractivity contribution >= 4 is 5.91 Å². The summed E-state index contributed by atoms with van der Waals surface area (Å²) in [5, 5.41) is 0. The van der Waals surface area contributed by atoms with E-state index in [1.807, 2.05) is 6.07 Å². The highest BCUT2D eigenvalue weighted by molar-refractivity contribution is 5.79. The summed E-state index contributed by atoms with van der Waals surface area (Å²) in [6.45, 7) is 1.93. The van der Waals surface area contributed by atoms with E-state index in [1.165, 1.54) is 12.0 Å². The molecule has 1 aliphatic heterocycles. The number of primary amides is 1. The van der Waals surface area contributed by atoms with Gasteiger partial charge in [-0.25, -0.2) is 0 Å². The van der Waals surface area contributed by atoms with Gasteiger partial charge in [-0.15, -0.1) is 0 Å². The van der Waals surface area contributed by atoms with Crippen LogP contribution in [0.4, 0.5) is 0 Å². The number of likely N-dealkylation sites (tertiary alicyclic amines) is 1. The average Bonchev–Trinajstić information content (AvgIpc) is 2.38. The molecule has 1 aliphatic rings. The van der Waals surface area contributed by atoms with E-state index in [1.54, 1.807) is 0 Å². The van der Waals surface area contributed by atoms with E-state index in [0.29, 0.717) is 0 Å². The number of hydrogen-bond acceptors (Lipinski definition) is 2. The van der Waals surface area contributed by atoms with Crippen molar-refractivity contribution < 1.29 is 4.79 Å². The molecule has 1 aromatic carbocycles. The molecule has 0 aromatic heterocycles. The zero-order chi connectivity index (χ0) is 12.1. The third-order valence-corrected chi connectivity index (χ3v) is 3.47. The minimum absolute atomic E-state index is 0.0486. The zero-order valence-electron chi connectivity index (χ0n) is 10.1. The molecule has 1 heterocycles. The monoisotopic (exact) mass is 232 g/mol. The van der Waals surface area contributed by atoms with Crippen LogP contribution in [0.1, 0.15) is 24.8 Å². The minimum atomic E-state index is -0.169. The SMILES string of the molecule is NC(=O)[C@@H]1CCCCN1CCc1ccccc1. The summed E-state index contributed by atoms with van der Waals surface area (Å²) in [5.74, 6) is -0.169. The fraction of sp³-hybridized carbons (Fsp3) is 0.500. The highest BCUT2D eigenvalue weighted by Gasteiger charge is 2.26. The lowest BCUT2D eigenvalue weighted by molar-refractivity contribution is -0.124. The van der Waals surface area contributed by atoms with Crippen LogP contribution in [0.15, 0.2) is 30.3 Å². The standard InChI is InChI=1S/C14H20N2O/c15-14(17)13-8-4-5-10-16(13)11-9-12-6-2-1-3-7-12/h1-3,6-7,13H,4-5,8-11H2,(H2,15,17)/t13-/m0/s1. The molecule has 0 unspecified atom stereocenters. The molecule has 3 heteroatoms. The predicted molar refractivity (Wildman–Crippen MR) is 68.6 cm³/mol. The molecule has 1 amide bonds. The summed E-state index contributed by atoms with van der Waals surface area (Å²) in [4.78, 5) is 13.6. The van der Waals surface area contributed by atoms with Gasteiger partial charge in [0.15, 0.2) is 0 Å². The van der Waals surface area contributed by atoms with Gasteiger partial charge in [0.2, 0.25) is 5.91 Å². The maximum absolute atomic E-state index is 11.4. The van der Waals surface area contributed by atoms with E-state index >= 15 is 0 Å². The molecule has 1 atom stereocenters. The topological polar surface area (TPSA) is 46.3 Å². The Labute approximate surface area is 103 Å². The van der Waals surface area contributed by atoms with Crippen molar-refractivity contribution in [1.29, 1.82) is 0 Å². The van der Waals surface area contributed by atoms with Crippen LogP contribution >= 0.6 is 0 Å². The Hall–Kier alpha value is -1.35. The average molecular weight is 232 g/mol. The summed E-state index contributed by atoms with van der Waals surface area (Å²) in [6, 6.07) is 10.3. The second-order valence-electron chi connectivity index (χ2n) is 4.69. The lowest BCUT2D eigenvalue weighted by atomic mass is 10.0. The third kappa shape index (κ3) is 3.30. The molecule has 17 heavy (non-hydrogen) atoms. The van der Waals surface area contributed by atoms with Gasteiger partial charge in [0, 0.05) is 6.54 Å². The van der Waals surface area contributed by atoms with Gasteiger partial charge < -0.3 is 5.73 Å². The van der Waals surface area contributed by atoms with Crippen molar-refractivity contribution in [1.82, 2.24) is 4.90 Å². The van der Waals surface area contributed by atoms with E-state index in [4.69, 9.17) is 5.73 Å². The first-order valence-electron chi connectivity index (χ1n) is 6.34. The van der Waals surface area contributed by atoms with Crippen molar-refractivity contribution in [2.45, 2.75) is 31.7 Å². The Morgan fingerprint density at radius 2 is 2.06 bits per heavy atom. The molecule has 3 nitrogen and oxygen atoms in total. The van der Waals surface area contributed by atoms with Gasteiger partial charge in [-0.3, -0.25) is 9.69 Å². The Morgan fingerprint density at radius 1 is 1.29 bits per heavy atom. The van der Waals surface area contributed by atoms with Gasteiger partial charge in [0.1, 0.15) is 0 Å². The Bertz CT molecular complexity index is 364. The fourth-order valence-corrected chi connectivity index (χ4v) is 2.50. The Kier molecular flexibility index (Phi) is 4.15. The highest BCUT2D eigenvalue weighted by Crippen LogP contribution is 2.17. The van der Waals surface area contributed by atoms with Gasteiger partial charge >= 0.3 is 0 Å². The van der Waals surface area contributed by atoms with E-state index in [0.717, 1.165) is 32.4 Å². The molecule has 0 saturated carbocycles. The first kappa shape index (κ1) is 12.1. The maximum atomic E-state index is 11.4. The largest absolute Gasteiger partial charge is 0.368 e. The van der Waals surface area contributed by atoms with E-state index in [9.17, 15) is 4.79 Å². The number of carbonyl (C=O) groups is 1. The van der Waals surface area contributed by atoms with Gasteiger partial charge in [-0.1, -0.05) is 36.8 Å². The smallest absolute Gasteiger partial charge is 0.234 e. The second-order valence-corrected chi connectivity index (χ2v) is 4.69. The molecule has 1 fully saturated rings. The molecule has 2 N–H and O–H groups in total. The van der Waals surface area contributed by atoms with Crippen LogP contribution in [0.2, 0.25) is 0 Å². The number of nitrogens with two attached hydrogens (primary N) is 1. The fourth-order valence-electron chi connectivity index (χ4n) is 2.50. The number of carbonyl (C=O) groups excluding carboxylic acids is 1.